The molecule has 0 bridgehead atoms. The molecule has 118 valence electrons. The first-order chi connectivity index (χ1) is 9.29. The second-order valence-electron chi connectivity index (χ2n) is 8.46. The molecular formula is C18H36N2. The molecule has 2 heterocycles. The number of nitrogens with zero attached hydrogens (tertiary/aromatic N) is 2. The van der Waals surface area contributed by atoms with Crippen LogP contribution in [-0.2, 0) is 0 Å². The molecule has 0 saturated carbocycles. The van der Waals surface area contributed by atoms with Crippen molar-refractivity contribution >= 4 is 0 Å². The highest BCUT2D eigenvalue weighted by Gasteiger charge is 2.35. The van der Waals surface area contributed by atoms with Crippen LogP contribution in [0.5, 0.6) is 0 Å². The Kier molecular flexibility index (Phi) is 5.18. The van der Waals surface area contributed by atoms with Gasteiger partial charge in [0.2, 0.25) is 0 Å². The molecule has 0 radical (unpaired) electrons. The minimum Gasteiger partial charge on any atom is -0.298 e. The van der Waals surface area contributed by atoms with Crippen LogP contribution in [0.1, 0.15) is 67.2 Å². The zero-order valence-corrected chi connectivity index (χ0v) is 14.7. The predicted octanol–water partition coefficient (Wildman–Crippen LogP) is 4.01. The van der Waals surface area contributed by atoms with Gasteiger partial charge in [0, 0.05) is 17.6 Å². The average molecular weight is 280 g/mol. The first-order valence-electron chi connectivity index (χ1n) is 8.80. The maximum atomic E-state index is 2.70. The number of hydrogen-bond donors (Lipinski definition) is 0. The van der Waals surface area contributed by atoms with Crippen molar-refractivity contribution in [1.29, 1.82) is 0 Å². The Balaban J connectivity index is 1.83. The number of hydrogen-bond acceptors (Lipinski definition) is 2. The van der Waals surface area contributed by atoms with E-state index >= 15 is 0 Å². The third-order valence-corrected chi connectivity index (χ3v) is 5.79. The maximum absolute atomic E-state index is 2.70. The van der Waals surface area contributed by atoms with E-state index in [2.05, 4.69) is 51.3 Å². The van der Waals surface area contributed by atoms with Crippen LogP contribution in [0.4, 0.5) is 0 Å². The molecule has 2 aliphatic rings. The van der Waals surface area contributed by atoms with E-state index in [9.17, 15) is 0 Å². The van der Waals surface area contributed by atoms with Crippen molar-refractivity contribution in [1.82, 2.24) is 9.80 Å². The van der Waals surface area contributed by atoms with E-state index in [-0.39, 0.29) is 0 Å². The summed E-state index contributed by atoms with van der Waals surface area (Å²) in [5, 5.41) is 0. The molecule has 2 saturated heterocycles. The summed E-state index contributed by atoms with van der Waals surface area (Å²) in [5.41, 5.74) is 0.360. The molecule has 0 aromatic heterocycles. The second kappa shape index (κ2) is 6.36. The molecule has 0 aromatic carbocycles. The van der Waals surface area contributed by atoms with Crippen LogP contribution >= 0.6 is 0 Å². The van der Waals surface area contributed by atoms with Gasteiger partial charge in [0.15, 0.2) is 0 Å². The van der Waals surface area contributed by atoms with Gasteiger partial charge in [-0.15, -0.1) is 0 Å². The Morgan fingerprint density at radius 3 is 1.90 bits per heavy atom. The fourth-order valence-electron chi connectivity index (χ4n) is 4.46. The van der Waals surface area contributed by atoms with Crippen molar-refractivity contribution in [2.45, 2.75) is 84.8 Å². The van der Waals surface area contributed by atoms with Crippen molar-refractivity contribution in [2.24, 2.45) is 11.8 Å². The van der Waals surface area contributed by atoms with Crippen LogP contribution in [0.2, 0.25) is 0 Å². The third kappa shape index (κ3) is 3.76. The molecule has 2 atom stereocenters. The highest BCUT2D eigenvalue weighted by atomic mass is 15.2. The topological polar surface area (TPSA) is 6.48 Å². The van der Waals surface area contributed by atoms with Gasteiger partial charge in [0.25, 0.3) is 0 Å². The summed E-state index contributed by atoms with van der Waals surface area (Å²) in [5.74, 6) is 1.98. The van der Waals surface area contributed by atoms with Crippen LogP contribution in [-0.4, -0.2) is 47.1 Å². The Hall–Kier alpha value is -0.0800. The van der Waals surface area contributed by atoms with Crippen LogP contribution in [0.25, 0.3) is 0 Å². The zero-order valence-electron chi connectivity index (χ0n) is 14.7. The molecule has 2 heteroatoms. The van der Waals surface area contributed by atoms with Crippen LogP contribution in [0.3, 0.4) is 0 Å². The van der Waals surface area contributed by atoms with Gasteiger partial charge in [0.05, 0.1) is 0 Å². The van der Waals surface area contributed by atoms with E-state index in [4.69, 9.17) is 0 Å². The molecule has 2 aliphatic heterocycles. The Morgan fingerprint density at radius 2 is 1.45 bits per heavy atom. The molecule has 2 nitrogen and oxygen atoms in total. The summed E-state index contributed by atoms with van der Waals surface area (Å²) in [6.45, 7) is 18.2. The van der Waals surface area contributed by atoms with Gasteiger partial charge < -0.3 is 0 Å². The van der Waals surface area contributed by atoms with Gasteiger partial charge in [-0.05, 0) is 98.7 Å². The van der Waals surface area contributed by atoms with Gasteiger partial charge in [-0.2, -0.15) is 0 Å². The zero-order chi connectivity index (χ0) is 14.9. The first-order valence-corrected chi connectivity index (χ1v) is 8.80. The lowest BCUT2D eigenvalue weighted by molar-refractivity contribution is 0.0293. The Morgan fingerprint density at radius 1 is 0.900 bits per heavy atom. The number of piperidine rings is 2. The van der Waals surface area contributed by atoms with E-state index in [1.165, 1.54) is 45.3 Å². The van der Waals surface area contributed by atoms with Gasteiger partial charge in [0.1, 0.15) is 0 Å². The van der Waals surface area contributed by atoms with Crippen LogP contribution in [0.15, 0.2) is 0 Å². The molecule has 0 aliphatic carbocycles. The van der Waals surface area contributed by atoms with E-state index in [0.29, 0.717) is 11.6 Å². The smallest absolute Gasteiger partial charge is 0.0125 e. The molecule has 2 rings (SSSR count). The van der Waals surface area contributed by atoms with Crippen molar-refractivity contribution < 1.29 is 0 Å². The van der Waals surface area contributed by atoms with Crippen LogP contribution in [0, 0.1) is 11.8 Å². The fourth-order valence-corrected chi connectivity index (χ4v) is 4.46. The summed E-state index contributed by atoms with van der Waals surface area (Å²) in [7, 11) is 0. The summed E-state index contributed by atoms with van der Waals surface area (Å²) in [6, 6.07) is 1.50. The minimum atomic E-state index is 0.360. The lowest BCUT2D eigenvalue weighted by atomic mass is 9.76. The van der Waals surface area contributed by atoms with Crippen LogP contribution < -0.4 is 0 Å². The average Bonchev–Trinajstić information content (AvgIpc) is 2.37. The van der Waals surface area contributed by atoms with Gasteiger partial charge in [-0.1, -0.05) is 0 Å². The number of likely N-dealkylation sites (tertiary alicyclic amines) is 2. The highest BCUT2D eigenvalue weighted by molar-refractivity contribution is 4.88. The van der Waals surface area contributed by atoms with Crippen molar-refractivity contribution in [3.05, 3.63) is 0 Å². The first kappa shape index (κ1) is 16.3. The minimum absolute atomic E-state index is 0.360. The molecular weight excluding hydrogens is 244 g/mol. The third-order valence-electron chi connectivity index (χ3n) is 5.79. The lowest BCUT2D eigenvalue weighted by Gasteiger charge is -2.46. The largest absolute Gasteiger partial charge is 0.298 e. The Bertz CT molecular complexity index is 297. The fraction of sp³-hybridized carbons (Fsp3) is 1.00. The molecule has 0 spiro atoms. The predicted molar refractivity (Wildman–Crippen MR) is 88.1 cm³/mol. The normalized spacial score (nSPS) is 31.9. The summed E-state index contributed by atoms with van der Waals surface area (Å²) in [6.07, 6.45) is 5.72. The van der Waals surface area contributed by atoms with E-state index in [1.54, 1.807) is 0 Å². The summed E-state index contributed by atoms with van der Waals surface area (Å²) >= 11 is 0. The summed E-state index contributed by atoms with van der Waals surface area (Å²) < 4.78 is 0. The highest BCUT2D eigenvalue weighted by Crippen LogP contribution is 2.36. The second-order valence-corrected chi connectivity index (χ2v) is 8.46. The van der Waals surface area contributed by atoms with Crippen molar-refractivity contribution in [3.8, 4) is 0 Å². The summed E-state index contributed by atoms with van der Waals surface area (Å²) in [4.78, 5) is 5.37. The van der Waals surface area contributed by atoms with E-state index in [0.717, 1.165) is 17.9 Å². The maximum Gasteiger partial charge on any atom is 0.0125 e. The van der Waals surface area contributed by atoms with E-state index < -0.39 is 0 Å². The molecule has 2 fully saturated rings. The quantitative estimate of drug-likeness (QED) is 0.754. The van der Waals surface area contributed by atoms with Crippen molar-refractivity contribution in [2.75, 3.05) is 19.6 Å². The molecule has 0 aromatic rings. The van der Waals surface area contributed by atoms with Gasteiger partial charge in [-0.25, -0.2) is 0 Å². The number of rotatable bonds is 2. The van der Waals surface area contributed by atoms with Crippen molar-refractivity contribution in [3.63, 3.8) is 0 Å². The lowest BCUT2D eigenvalue weighted by Crippen LogP contribution is -2.49. The van der Waals surface area contributed by atoms with E-state index in [1.807, 2.05) is 0 Å². The van der Waals surface area contributed by atoms with Gasteiger partial charge in [-0.3, -0.25) is 9.80 Å². The van der Waals surface area contributed by atoms with Gasteiger partial charge >= 0.3 is 0 Å². The monoisotopic (exact) mass is 280 g/mol. The molecule has 2 unspecified atom stereocenters. The standard InChI is InChI=1S/C18H36N2/c1-14(2)20-12-9-17(13-15(20)3)16-7-10-19(11-8-16)18(4,5)6/h14-17H,7-13H2,1-6H3. The molecule has 0 amide bonds. The SMILES string of the molecule is CC(C)N1CCC(C2CCN(C(C)(C)C)CC2)CC1C. The Labute approximate surface area is 126 Å². The molecule has 20 heavy (non-hydrogen) atoms. The molecule has 0 N–H and O–H groups in total.